The maximum absolute atomic E-state index is 13.3. The zero-order valence-corrected chi connectivity index (χ0v) is 21.2. The van der Waals surface area contributed by atoms with Crippen molar-refractivity contribution in [2.45, 2.75) is 25.5 Å². The number of nitrogens with zero attached hydrogens (tertiary/aromatic N) is 3. The number of aromatic nitrogens is 1. The molecule has 0 unspecified atom stereocenters. The van der Waals surface area contributed by atoms with Gasteiger partial charge in [-0.25, -0.2) is 20.1 Å². The molecule has 1 fully saturated rings. The average molecular weight is 554 g/mol. The minimum atomic E-state index is -1.29. The number of fused-ring (bicyclic) bond motifs is 1. The van der Waals surface area contributed by atoms with E-state index in [9.17, 15) is 34.4 Å². The summed E-state index contributed by atoms with van der Waals surface area (Å²) in [6, 6.07) is 11.9. The minimum Gasteiger partial charge on any atom is -0.478 e. The number of carboxylic acid groups (broad SMARTS) is 1. The summed E-state index contributed by atoms with van der Waals surface area (Å²) in [5.74, 6) is -2.51. The van der Waals surface area contributed by atoms with Gasteiger partial charge in [0.2, 0.25) is 5.91 Å². The van der Waals surface area contributed by atoms with Crippen molar-refractivity contribution in [3.63, 3.8) is 0 Å². The molecule has 1 aliphatic heterocycles. The van der Waals surface area contributed by atoms with Gasteiger partial charge in [0.05, 0.1) is 17.0 Å². The van der Waals surface area contributed by atoms with Crippen LogP contribution in [0.1, 0.15) is 28.8 Å². The van der Waals surface area contributed by atoms with E-state index in [-0.39, 0.29) is 49.0 Å². The van der Waals surface area contributed by atoms with Crippen LogP contribution in [0, 0.1) is 16.0 Å². The topological polar surface area (TPSA) is 181 Å². The Bertz CT molecular complexity index is 1450. The first-order chi connectivity index (χ1) is 18.6. The second kappa shape index (κ2) is 11.9. The first kappa shape index (κ1) is 27.5. The molecule has 0 radical (unpaired) electrons. The molecule has 202 valence electrons. The molecule has 14 heteroatoms. The maximum Gasteiger partial charge on any atom is 0.342 e. The molecule has 1 saturated heterocycles. The molecule has 0 bridgehead atoms. The number of carboxylic acids is 1. The Hall–Kier alpha value is -4.56. The standard InChI is InChI=1S/C25H23N5O8S/c31-21(39)10-15-9-20(23(32)27-22-18(24(33)34)11-16-3-1-2-4-19(16)26-22)29(12-15)25(35)28-38-13-14-5-7-17(8-6-14)30(36)37/h1-8,11,15,20H,9-10,12-13H2,(H,28,35)(H,31,39)(H,33,34)(H,26,27,32)/t15-,20-/m0/s1. The number of pyridine rings is 1. The van der Waals surface area contributed by atoms with Crippen molar-refractivity contribution in [3.05, 3.63) is 75.8 Å². The van der Waals surface area contributed by atoms with Crippen LogP contribution >= 0.6 is 12.6 Å². The summed E-state index contributed by atoms with van der Waals surface area (Å²) in [4.78, 5) is 70.6. The number of nitrogens with one attached hydrogen (secondary N) is 2. The molecule has 39 heavy (non-hydrogen) atoms. The van der Waals surface area contributed by atoms with E-state index in [1.807, 2.05) is 0 Å². The number of non-ortho nitro benzene ring substituents is 1. The van der Waals surface area contributed by atoms with Crippen LogP contribution in [0.5, 0.6) is 0 Å². The number of urea groups is 1. The first-order valence-corrected chi connectivity index (χ1v) is 12.1. The Balaban J connectivity index is 1.48. The fourth-order valence-corrected chi connectivity index (χ4v) is 4.58. The summed E-state index contributed by atoms with van der Waals surface area (Å²) in [5.41, 5.74) is 2.96. The highest BCUT2D eigenvalue weighted by atomic mass is 32.1. The van der Waals surface area contributed by atoms with Gasteiger partial charge >= 0.3 is 12.0 Å². The lowest BCUT2D eigenvalue weighted by Gasteiger charge is -2.24. The number of hydrogen-bond acceptors (Lipinski definition) is 8. The molecule has 2 atom stereocenters. The summed E-state index contributed by atoms with van der Waals surface area (Å²) in [6.07, 6.45) is 0.152. The van der Waals surface area contributed by atoms with Crippen molar-refractivity contribution in [3.8, 4) is 0 Å². The smallest absolute Gasteiger partial charge is 0.342 e. The van der Waals surface area contributed by atoms with Gasteiger partial charge in [-0.3, -0.25) is 24.5 Å². The number of nitro benzene ring substituents is 1. The highest BCUT2D eigenvalue weighted by Crippen LogP contribution is 2.29. The van der Waals surface area contributed by atoms with Crippen LogP contribution in [0.15, 0.2) is 54.6 Å². The predicted octanol–water partition coefficient (Wildman–Crippen LogP) is 3.16. The molecule has 3 amide bonds. The fourth-order valence-electron chi connectivity index (χ4n) is 4.32. The first-order valence-electron chi connectivity index (χ1n) is 11.7. The average Bonchev–Trinajstić information content (AvgIpc) is 3.32. The number of amides is 3. The van der Waals surface area contributed by atoms with Gasteiger partial charge in [-0.2, -0.15) is 0 Å². The molecule has 3 aromatic rings. The number of thiol groups is 1. The molecular weight excluding hydrogens is 530 g/mol. The zero-order valence-electron chi connectivity index (χ0n) is 20.3. The van der Waals surface area contributed by atoms with Crippen molar-refractivity contribution in [2.24, 2.45) is 5.92 Å². The van der Waals surface area contributed by atoms with E-state index in [1.165, 1.54) is 35.2 Å². The molecule has 3 N–H and O–H groups in total. The number of rotatable bonds is 9. The van der Waals surface area contributed by atoms with Crippen LogP contribution in [0.3, 0.4) is 0 Å². The predicted molar refractivity (Wildman–Crippen MR) is 141 cm³/mol. The highest BCUT2D eigenvalue weighted by molar-refractivity contribution is 7.96. The SMILES string of the molecule is O=C(S)C[C@@H]1C[C@@H](C(=O)Nc2nc3ccccc3cc2C(=O)O)N(C(=O)NOCc2ccc([N+](=O)[O-])cc2)C1. The molecule has 0 spiro atoms. The van der Waals surface area contributed by atoms with Gasteiger partial charge in [-0.1, -0.05) is 18.2 Å². The quantitative estimate of drug-likeness (QED) is 0.176. The lowest BCUT2D eigenvalue weighted by molar-refractivity contribution is -0.384. The van der Waals surface area contributed by atoms with Crippen molar-refractivity contribution >= 4 is 58.1 Å². The maximum atomic E-state index is 13.3. The largest absolute Gasteiger partial charge is 0.478 e. The van der Waals surface area contributed by atoms with Crippen molar-refractivity contribution in [1.29, 1.82) is 0 Å². The van der Waals surface area contributed by atoms with E-state index in [2.05, 4.69) is 28.4 Å². The van der Waals surface area contributed by atoms with Crippen molar-refractivity contribution in [1.82, 2.24) is 15.4 Å². The number of para-hydroxylation sites is 1. The van der Waals surface area contributed by atoms with E-state index in [1.54, 1.807) is 24.3 Å². The van der Waals surface area contributed by atoms with Gasteiger partial charge in [0.1, 0.15) is 17.4 Å². The molecule has 0 aliphatic carbocycles. The molecule has 1 aliphatic rings. The molecule has 2 heterocycles. The minimum absolute atomic E-state index is 0.0227. The second-order valence-corrected chi connectivity index (χ2v) is 9.36. The Morgan fingerprint density at radius 2 is 1.87 bits per heavy atom. The number of hydroxylamine groups is 1. The Kier molecular flexibility index (Phi) is 8.36. The van der Waals surface area contributed by atoms with Gasteiger partial charge in [0, 0.05) is 30.5 Å². The molecule has 2 aromatic carbocycles. The number of aromatic carboxylic acids is 1. The molecule has 13 nitrogen and oxygen atoms in total. The van der Waals surface area contributed by atoms with Gasteiger partial charge in [-0.15, -0.1) is 12.6 Å². The Labute approximate surface area is 226 Å². The van der Waals surface area contributed by atoms with Crippen molar-refractivity contribution < 1.29 is 34.0 Å². The zero-order chi connectivity index (χ0) is 28.1. The number of likely N-dealkylation sites (tertiary alicyclic amines) is 1. The summed E-state index contributed by atoms with van der Waals surface area (Å²) in [5, 5.41) is 23.1. The molecule has 4 rings (SSSR count). The number of carbonyl (C=O) groups is 4. The monoisotopic (exact) mass is 553 g/mol. The lowest BCUT2D eigenvalue weighted by Crippen LogP contribution is -2.47. The summed E-state index contributed by atoms with van der Waals surface area (Å²) in [7, 11) is 0. The van der Waals surface area contributed by atoms with Crippen LogP contribution in [-0.4, -0.2) is 55.5 Å². The van der Waals surface area contributed by atoms with Crippen LogP contribution in [0.4, 0.5) is 16.3 Å². The van der Waals surface area contributed by atoms with Crippen LogP contribution in [-0.2, 0) is 21.0 Å². The van der Waals surface area contributed by atoms with Crippen LogP contribution < -0.4 is 10.8 Å². The van der Waals surface area contributed by atoms with Gasteiger partial charge in [0.25, 0.3) is 5.69 Å². The summed E-state index contributed by atoms with van der Waals surface area (Å²) in [6.45, 7) is -0.0516. The van der Waals surface area contributed by atoms with Crippen LogP contribution in [0.2, 0.25) is 0 Å². The highest BCUT2D eigenvalue weighted by Gasteiger charge is 2.40. The molecule has 1 aromatic heterocycles. The third-order valence-electron chi connectivity index (χ3n) is 6.16. The molecule has 0 saturated carbocycles. The van der Waals surface area contributed by atoms with Crippen LogP contribution in [0.25, 0.3) is 10.9 Å². The summed E-state index contributed by atoms with van der Waals surface area (Å²) >= 11 is 3.80. The third kappa shape index (κ3) is 6.66. The van der Waals surface area contributed by atoms with E-state index >= 15 is 0 Å². The van der Waals surface area contributed by atoms with E-state index < -0.39 is 34.0 Å². The van der Waals surface area contributed by atoms with E-state index in [0.717, 1.165) is 0 Å². The van der Waals surface area contributed by atoms with Gasteiger partial charge < -0.3 is 15.3 Å². The number of benzene rings is 2. The number of nitro groups is 1. The van der Waals surface area contributed by atoms with Crippen molar-refractivity contribution in [2.75, 3.05) is 11.9 Å². The Morgan fingerprint density at radius 1 is 1.15 bits per heavy atom. The lowest BCUT2D eigenvalue weighted by atomic mass is 10.0. The third-order valence-corrected chi connectivity index (χ3v) is 6.34. The Morgan fingerprint density at radius 3 is 2.54 bits per heavy atom. The normalized spacial score (nSPS) is 16.6. The summed E-state index contributed by atoms with van der Waals surface area (Å²) < 4.78 is 0. The van der Waals surface area contributed by atoms with E-state index in [0.29, 0.717) is 16.5 Å². The fraction of sp³-hybridized carbons (Fsp3) is 0.240. The second-order valence-electron chi connectivity index (χ2n) is 8.86. The molecular formula is C25H23N5O8S. The van der Waals surface area contributed by atoms with E-state index in [4.69, 9.17) is 4.84 Å². The van der Waals surface area contributed by atoms with Gasteiger partial charge in [0.15, 0.2) is 5.12 Å². The number of hydrogen-bond donors (Lipinski definition) is 4. The van der Waals surface area contributed by atoms with Gasteiger partial charge in [-0.05, 0) is 42.2 Å². The number of anilines is 1. The number of carbonyl (C=O) groups excluding carboxylic acids is 3.